The average molecular weight is 642 g/mol. The predicted octanol–water partition coefficient (Wildman–Crippen LogP) is 6.57. The molecule has 47 heavy (non-hydrogen) atoms. The lowest BCUT2D eigenvalue weighted by Crippen LogP contribution is -2.39. The number of terminal acetylenes is 1. The summed E-state index contributed by atoms with van der Waals surface area (Å²) in [5, 5.41) is 5.82. The molecule has 1 aromatic heterocycles. The molecule has 250 valence electrons. The number of carbonyl (C=O) groups is 4. The van der Waals surface area contributed by atoms with E-state index in [4.69, 9.17) is 20.7 Å². The molecule has 0 aliphatic carbocycles. The van der Waals surface area contributed by atoms with Crippen LogP contribution < -0.4 is 15.4 Å². The second-order valence-corrected chi connectivity index (χ2v) is 11.2. The number of aliphatic imine (C=N–C) groups is 1. The van der Waals surface area contributed by atoms with E-state index in [-0.39, 0.29) is 11.8 Å². The van der Waals surface area contributed by atoms with Crippen molar-refractivity contribution in [2.75, 3.05) is 25.0 Å². The Morgan fingerprint density at radius 3 is 2.26 bits per heavy atom. The molecule has 0 atom stereocenters. The summed E-state index contributed by atoms with van der Waals surface area (Å²) in [5.74, 6) is 3.90. The van der Waals surface area contributed by atoms with Crippen LogP contribution in [0, 0.1) is 26.2 Å². The summed E-state index contributed by atoms with van der Waals surface area (Å²) in [6.45, 7) is 19.7. The van der Waals surface area contributed by atoms with Crippen molar-refractivity contribution in [2.45, 2.75) is 66.7 Å². The first-order valence-corrected chi connectivity index (χ1v) is 15.3. The lowest BCUT2D eigenvalue weighted by Gasteiger charge is -2.20. The van der Waals surface area contributed by atoms with Gasteiger partial charge in [-0.2, -0.15) is 0 Å². The second kappa shape index (κ2) is 20.1. The van der Waals surface area contributed by atoms with Crippen molar-refractivity contribution < 1.29 is 23.9 Å². The molecule has 10 heteroatoms. The molecule has 2 amide bonds. The fraction of sp³-hybridized carbons (Fsp3) is 0.351. The summed E-state index contributed by atoms with van der Waals surface area (Å²) in [6, 6.07) is 16.3. The van der Waals surface area contributed by atoms with Gasteiger partial charge in [0.2, 0.25) is 11.8 Å². The number of ether oxygens (including phenoxy) is 1. The topological polar surface area (TPSA) is 130 Å². The summed E-state index contributed by atoms with van der Waals surface area (Å²) in [5.41, 5.74) is 3.70. The maximum atomic E-state index is 13.0. The number of benzene rings is 2. The van der Waals surface area contributed by atoms with Gasteiger partial charge in [-0.05, 0) is 95.9 Å². The van der Waals surface area contributed by atoms with Crippen LogP contribution in [0.3, 0.4) is 0 Å². The van der Waals surface area contributed by atoms with Crippen molar-refractivity contribution in [1.29, 1.82) is 0 Å². The molecule has 1 heterocycles. The molecule has 2 N–H and O–H groups in total. The predicted molar refractivity (Wildman–Crippen MR) is 189 cm³/mol. The minimum absolute atomic E-state index is 0.0831. The first-order chi connectivity index (χ1) is 22.4. The number of amidine groups is 1. The van der Waals surface area contributed by atoms with Crippen molar-refractivity contribution in [1.82, 2.24) is 15.2 Å². The summed E-state index contributed by atoms with van der Waals surface area (Å²) >= 11 is 0. The van der Waals surface area contributed by atoms with Crippen LogP contribution in [0.25, 0.3) is 0 Å². The summed E-state index contributed by atoms with van der Waals surface area (Å²) in [4.78, 5) is 52.8. The van der Waals surface area contributed by atoms with Gasteiger partial charge in [0.25, 0.3) is 5.91 Å². The van der Waals surface area contributed by atoms with E-state index in [2.05, 4.69) is 45.3 Å². The van der Waals surface area contributed by atoms with Crippen LogP contribution >= 0.6 is 0 Å². The fourth-order valence-electron chi connectivity index (χ4n) is 4.50. The highest BCUT2D eigenvalue weighted by Gasteiger charge is 2.19. The van der Waals surface area contributed by atoms with Crippen LogP contribution in [0.1, 0.15) is 74.6 Å². The number of hydrogen-bond donors (Lipinski definition) is 2. The van der Waals surface area contributed by atoms with Gasteiger partial charge in [0.05, 0.1) is 23.3 Å². The number of nitrogens with zero attached hydrogens (tertiary/aromatic N) is 3. The molecule has 0 spiro atoms. The maximum absolute atomic E-state index is 13.0. The van der Waals surface area contributed by atoms with Crippen LogP contribution in [0.15, 0.2) is 59.6 Å². The third kappa shape index (κ3) is 12.6. The summed E-state index contributed by atoms with van der Waals surface area (Å²) in [6.07, 6.45) is 7.67. The van der Waals surface area contributed by atoms with Gasteiger partial charge in [0.15, 0.2) is 0 Å². The van der Waals surface area contributed by atoms with E-state index in [1.165, 1.54) is 0 Å². The fourth-order valence-corrected chi connectivity index (χ4v) is 4.50. The van der Waals surface area contributed by atoms with E-state index in [0.29, 0.717) is 46.6 Å². The zero-order chi connectivity index (χ0) is 35.6. The maximum Gasteiger partial charge on any atom is 0.255 e. The normalized spacial score (nSPS) is 10.8. The Balaban J connectivity index is 0.00000265. The highest BCUT2D eigenvalue weighted by atomic mass is 16.5. The van der Waals surface area contributed by atoms with Gasteiger partial charge in [-0.3, -0.25) is 14.5 Å². The molecule has 0 unspecified atom stereocenters. The van der Waals surface area contributed by atoms with Crippen molar-refractivity contribution in [3.05, 3.63) is 77.0 Å². The second-order valence-electron chi connectivity index (χ2n) is 11.2. The molecular formula is C37H47N5O5. The molecule has 3 aromatic rings. The van der Waals surface area contributed by atoms with Crippen molar-refractivity contribution >= 4 is 42.6 Å². The molecule has 0 saturated heterocycles. The summed E-state index contributed by atoms with van der Waals surface area (Å²) in [7, 11) is 0. The number of amides is 2. The zero-order valence-electron chi connectivity index (χ0n) is 28.6. The molecule has 10 nitrogen and oxygen atoms in total. The molecule has 0 aliphatic rings. The van der Waals surface area contributed by atoms with Crippen molar-refractivity contribution in [2.24, 2.45) is 4.99 Å². The highest BCUT2D eigenvalue weighted by Crippen LogP contribution is 2.30. The van der Waals surface area contributed by atoms with Crippen LogP contribution in [-0.4, -0.2) is 60.7 Å². The Morgan fingerprint density at radius 2 is 1.66 bits per heavy atom. The number of carbonyl (C=O) groups excluding carboxylic acids is 4. The Kier molecular flexibility index (Phi) is 17.0. The van der Waals surface area contributed by atoms with Crippen molar-refractivity contribution in [3.63, 3.8) is 0 Å². The Labute approximate surface area is 279 Å². The monoisotopic (exact) mass is 641 g/mol. The first-order valence-electron chi connectivity index (χ1n) is 15.3. The number of rotatable bonds is 12. The third-order valence-electron chi connectivity index (χ3n) is 6.96. The van der Waals surface area contributed by atoms with Gasteiger partial charge >= 0.3 is 0 Å². The quantitative estimate of drug-likeness (QED) is 0.130. The smallest absolute Gasteiger partial charge is 0.255 e. The Morgan fingerprint density at radius 1 is 1.00 bits per heavy atom. The number of anilines is 1. The molecule has 3 rings (SSSR count). The van der Waals surface area contributed by atoms with Gasteiger partial charge in [-0.1, -0.05) is 38.0 Å². The molecule has 2 aromatic carbocycles. The molecule has 0 bridgehead atoms. The van der Waals surface area contributed by atoms with E-state index in [1.807, 2.05) is 71.6 Å². The van der Waals surface area contributed by atoms with Crippen LogP contribution in [-0.2, 0) is 19.8 Å². The molecule has 0 radical (unpaired) electrons. The van der Waals surface area contributed by atoms with E-state index in [9.17, 15) is 9.59 Å². The average Bonchev–Trinajstić information content (AvgIpc) is 3.06. The van der Waals surface area contributed by atoms with Crippen molar-refractivity contribution in [3.8, 4) is 24.0 Å². The van der Waals surface area contributed by atoms with Gasteiger partial charge in [0, 0.05) is 23.4 Å². The zero-order valence-corrected chi connectivity index (χ0v) is 28.6. The van der Waals surface area contributed by atoms with Gasteiger partial charge in [-0.15, -0.1) is 6.42 Å². The summed E-state index contributed by atoms with van der Waals surface area (Å²) < 4.78 is 6.10. The number of hydrogen-bond acceptors (Lipinski definition) is 8. The number of nitrogens with one attached hydrogen (secondary N) is 2. The number of aryl methyl sites for hydroxylation is 2. The van der Waals surface area contributed by atoms with Crippen LogP contribution in [0.2, 0.25) is 0 Å². The van der Waals surface area contributed by atoms with Gasteiger partial charge in [-0.25, -0.2) is 9.98 Å². The van der Waals surface area contributed by atoms with E-state index >= 15 is 0 Å². The molecule has 0 saturated carbocycles. The lowest BCUT2D eigenvalue weighted by molar-refractivity contribution is -0.120. The number of pyridine rings is 1. The minimum atomic E-state index is -0.482. The van der Waals surface area contributed by atoms with Gasteiger partial charge in [0.1, 0.15) is 25.2 Å². The Bertz CT molecular complexity index is 1550. The van der Waals surface area contributed by atoms with E-state index in [1.54, 1.807) is 31.2 Å². The molecule has 0 aliphatic heterocycles. The highest BCUT2D eigenvalue weighted by molar-refractivity contribution is 6.04. The van der Waals surface area contributed by atoms with E-state index in [0.717, 1.165) is 37.1 Å². The van der Waals surface area contributed by atoms with Crippen LogP contribution in [0.5, 0.6) is 11.6 Å². The first kappa shape index (κ1) is 39.9. The van der Waals surface area contributed by atoms with E-state index < -0.39 is 5.41 Å². The van der Waals surface area contributed by atoms with Gasteiger partial charge < -0.3 is 25.0 Å². The number of aromatic nitrogens is 1. The molecule has 0 fully saturated rings. The standard InChI is InChI=1S/C35H43N5O3.2CH2O/c1-9-19-40(20-10-2)23-32(41)38-26(6)37-30-17-18-33(36-25(30)5)43-31-22-29(16-15-24(31)4)39-34(42)27-13-12-14-28(21-27)35(7,8)11-3;2*1-2/h3,12-18,21-22H,9-10,19-20,23H2,1-2,4-8H3,(H,39,42)(H,37,38,41);2*1H2. The largest absolute Gasteiger partial charge is 0.439 e. The minimum Gasteiger partial charge on any atom is -0.439 e. The lowest BCUT2D eigenvalue weighted by atomic mass is 9.85. The SMILES string of the molecule is C#CC(C)(C)c1cccc(C(=O)Nc2ccc(C)c(Oc3ccc(N=C(C)NC(=O)CN(CCC)CCC)c(C)n3)c2)c1.C=O.C=O. The Hall–Kier alpha value is -5.14. The molecular weight excluding hydrogens is 594 g/mol. The third-order valence-corrected chi connectivity index (χ3v) is 6.96. The van der Waals surface area contributed by atoms with Crippen LogP contribution in [0.4, 0.5) is 11.4 Å².